The van der Waals surface area contributed by atoms with E-state index in [9.17, 15) is 0 Å². The quantitative estimate of drug-likeness (QED) is 0.615. The third-order valence-corrected chi connectivity index (χ3v) is 4.59. The minimum Gasteiger partial charge on any atom is -0.0616 e. The zero-order chi connectivity index (χ0) is 9.42. The highest BCUT2D eigenvalue weighted by Gasteiger charge is 2.04. The number of aryl methyl sites for hydroxylation is 1. The number of hydrogen-bond donors (Lipinski definition) is 0. The van der Waals surface area contributed by atoms with Crippen LogP contribution in [0, 0.1) is 10.5 Å². The summed E-state index contributed by atoms with van der Waals surface area (Å²) in [5, 5.41) is 2.63. The largest absolute Gasteiger partial charge is 0.0616 e. The predicted molar refractivity (Wildman–Crippen MR) is 69.1 cm³/mol. The molecule has 0 atom stereocenters. The van der Waals surface area contributed by atoms with Crippen molar-refractivity contribution in [1.82, 2.24) is 0 Å². The highest BCUT2D eigenvalue weighted by Crippen LogP contribution is 2.30. The molecule has 0 N–H and O–H groups in total. The average molecular weight is 347 g/mol. The van der Waals surface area contributed by atoms with Crippen molar-refractivity contribution >= 4 is 49.3 Å². The van der Waals surface area contributed by atoms with Crippen molar-refractivity contribution in [2.24, 2.45) is 0 Å². The smallest absolute Gasteiger partial charge is 0.0387 e. The maximum atomic E-state index is 3.61. The van der Waals surface area contributed by atoms with E-state index in [0.29, 0.717) is 0 Å². The number of halogens is 2. The third kappa shape index (κ3) is 1.62. The van der Waals surface area contributed by atoms with Crippen LogP contribution in [0.25, 0.3) is 10.8 Å². The van der Waals surface area contributed by atoms with Crippen molar-refractivity contribution in [3.63, 3.8) is 0 Å². The molecule has 2 heteroatoms. The van der Waals surface area contributed by atoms with Crippen LogP contribution in [0.4, 0.5) is 0 Å². The lowest BCUT2D eigenvalue weighted by Crippen LogP contribution is -1.83. The van der Waals surface area contributed by atoms with Gasteiger partial charge in [-0.1, -0.05) is 24.3 Å². The molecule has 13 heavy (non-hydrogen) atoms. The molecule has 0 spiro atoms. The summed E-state index contributed by atoms with van der Waals surface area (Å²) in [5.41, 5.74) is 1.34. The Labute approximate surface area is 99.6 Å². The Balaban J connectivity index is 2.97. The van der Waals surface area contributed by atoms with Crippen LogP contribution in [-0.4, -0.2) is 0 Å². The van der Waals surface area contributed by atoms with E-state index >= 15 is 0 Å². The zero-order valence-corrected chi connectivity index (χ0v) is 10.9. The Hall–Kier alpha value is -0.0900. The normalized spacial score (nSPS) is 10.7. The first-order valence-electron chi connectivity index (χ1n) is 4.03. The molecule has 2 aromatic carbocycles. The highest BCUT2D eigenvalue weighted by molar-refractivity contribution is 14.1. The monoisotopic (exact) mass is 346 g/mol. The summed E-state index contributed by atoms with van der Waals surface area (Å²) in [7, 11) is 0. The van der Waals surface area contributed by atoms with Crippen LogP contribution in [0.2, 0.25) is 0 Å². The molecule has 0 aromatic heterocycles. The van der Waals surface area contributed by atoms with Crippen LogP contribution in [0.1, 0.15) is 5.56 Å². The summed E-state index contributed by atoms with van der Waals surface area (Å²) in [4.78, 5) is 0. The Kier molecular flexibility index (Phi) is 2.60. The molecule has 0 bridgehead atoms. The Morgan fingerprint density at radius 3 is 2.46 bits per heavy atom. The summed E-state index contributed by atoms with van der Waals surface area (Å²) in [6, 6.07) is 10.7. The van der Waals surface area contributed by atoms with Gasteiger partial charge in [0.15, 0.2) is 0 Å². The van der Waals surface area contributed by atoms with Crippen molar-refractivity contribution in [3.8, 4) is 0 Å². The fourth-order valence-electron chi connectivity index (χ4n) is 1.48. The van der Waals surface area contributed by atoms with Gasteiger partial charge in [-0.3, -0.25) is 0 Å². The molecule has 2 aromatic rings. The molecule has 0 fully saturated rings. The van der Waals surface area contributed by atoms with Crippen LogP contribution in [0.15, 0.2) is 34.8 Å². The molecule has 0 aliphatic carbocycles. The summed E-state index contributed by atoms with van der Waals surface area (Å²) in [6.45, 7) is 2.15. The van der Waals surface area contributed by atoms with Crippen LogP contribution < -0.4 is 0 Å². The lowest BCUT2D eigenvalue weighted by Gasteiger charge is -2.06. The number of rotatable bonds is 0. The molecule has 0 aliphatic rings. The van der Waals surface area contributed by atoms with E-state index in [4.69, 9.17) is 0 Å². The lowest BCUT2D eigenvalue weighted by molar-refractivity contribution is 1.49. The SMILES string of the molecule is Cc1cc(I)c(Br)c2ccccc12. The van der Waals surface area contributed by atoms with Gasteiger partial charge in [-0.25, -0.2) is 0 Å². The molecule has 0 unspecified atom stereocenters. The lowest BCUT2D eigenvalue weighted by atomic mass is 10.1. The Bertz CT molecular complexity index is 463. The van der Waals surface area contributed by atoms with Crippen LogP contribution >= 0.6 is 38.5 Å². The highest BCUT2D eigenvalue weighted by atomic mass is 127. The molecule has 0 saturated heterocycles. The maximum absolute atomic E-state index is 3.61. The average Bonchev–Trinajstić information content (AvgIpc) is 2.15. The molecule has 0 amide bonds. The first-order chi connectivity index (χ1) is 6.20. The minimum atomic E-state index is 1.20. The third-order valence-electron chi connectivity index (χ3n) is 2.14. The van der Waals surface area contributed by atoms with E-state index in [-0.39, 0.29) is 0 Å². The van der Waals surface area contributed by atoms with Gasteiger partial charge < -0.3 is 0 Å². The summed E-state index contributed by atoms with van der Waals surface area (Å²) < 4.78 is 2.48. The second kappa shape index (κ2) is 3.58. The molecule has 0 heterocycles. The second-order valence-corrected chi connectivity index (χ2v) is 4.99. The van der Waals surface area contributed by atoms with Gasteiger partial charge >= 0.3 is 0 Å². The number of benzene rings is 2. The standard InChI is InChI=1S/C11H8BrI/c1-7-6-10(13)11(12)9-5-3-2-4-8(7)9/h2-6H,1H3. The van der Waals surface area contributed by atoms with Gasteiger partial charge in [0, 0.05) is 8.04 Å². The Morgan fingerprint density at radius 1 is 1.15 bits per heavy atom. The molecule has 0 nitrogen and oxygen atoms in total. The van der Waals surface area contributed by atoms with Crippen LogP contribution in [0.3, 0.4) is 0 Å². The summed E-state index contributed by atoms with van der Waals surface area (Å²) in [5.74, 6) is 0. The minimum absolute atomic E-state index is 1.20. The van der Waals surface area contributed by atoms with Crippen molar-refractivity contribution < 1.29 is 0 Å². The van der Waals surface area contributed by atoms with E-state index < -0.39 is 0 Å². The molecule has 0 aliphatic heterocycles. The molecular weight excluding hydrogens is 339 g/mol. The van der Waals surface area contributed by atoms with E-state index in [2.05, 4.69) is 75.8 Å². The first-order valence-corrected chi connectivity index (χ1v) is 5.90. The summed E-state index contributed by atoms with van der Waals surface area (Å²) in [6.07, 6.45) is 0. The van der Waals surface area contributed by atoms with Gasteiger partial charge in [-0.15, -0.1) is 0 Å². The molecule has 2 rings (SSSR count). The Morgan fingerprint density at radius 2 is 1.77 bits per heavy atom. The zero-order valence-electron chi connectivity index (χ0n) is 7.14. The van der Waals surface area contributed by atoms with Gasteiger partial charge in [0.2, 0.25) is 0 Å². The van der Waals surface area contributed by atoms with E-state index in [1.54, 1.807) is 0 Å². The van der Waals surface area contributed by atoms with E-state index in [1.807, 2.05) is 0 Å². The van der Waals surface area contributed by atoms with Crippen molar-refractivity contribution in [2.75, 3.05) is 0 Å². The van der Waals surface area contributed by atoms with E-state index in [1.165, 1.54) is 24.4 Å². The van der Waals surface area contributed by atoms with Gasteiger partial charge in [0.1, 0.15) is 0 Å². The number of hydrogen-bond acceptors (Lipinski definition) is 0. The maximum Gasteiger partial charge on any atom is 0.0387 e. The van der Waals surface area contributed by atoms with Crippen molar-refractivity contribution in [3.05, 3.63) is 43.9 Å². The van der Waals surface area contributed by atoms with Crippen LogP contribution in [-0.2, 0) is 0 Å². The van der Waals surface area contributed by atoms with E-state index in [0.717, 1.165) is 0 Å². The van der Waals surface area contributed by atoms with Crippen molar-refractivity contribution in [1.29, 1.82) is 0 Å². The van der Waals surface area contributed by atoms with Gasteiger partial charge in [0.25, 0.3) is 0 Å². The van der Waals surface area contributed by atoms with Gasteiger partial charge in [0.05, 0.1) is 0 Å². The van der Waals surface area contributed by atoms with Crippen molar-refractivity contribution in [2.45, 2.75) is 6.92 Å². The summed E-state index contributed by atoms with van der Waals surface area (Å²) >= 11 is 5.96. The van der Waals surface area contributed by atoms with Crippen LogP contribution in [0.5, 0.6) is 0 Å². The number of fused-ring (bicyclic) bond motifs is 1. The van der Waals surface area contributed by atoms with Gasteiger partial charge in [-0.05, 0) is 67.8 Å². The fraction of sp³-hybridized carbons (Fsp3) is 0.0909. The molecule has 0 saturated carbocycles. The van der Waals surface area contributed by atoms with Gasteiger partial charge in [-0.2, -0.15) is 0 Å². The first kappa shape index (κ1) is 9.46. The molecule has 0 radical (unpaired) electrons. The molecular formula is C11H8BrI. The topological polar surface area (TPSA) is 0 Å². The fourth-order valence-corrected chi connectivity index (χ4v) is 2.70. The molecule has 66 valence electrons. The predicted octanol–water partition coefficient (Wildman–Crippen LogP) is 4.52. The second-order valence-electron chi connectivity index (χ2n) is 3.03.